The van der Waals surface area contributed by atoms with Crippen molar-refractivity contribution in [2.75, 3.05) is 17.7 Å². The average Bonchev–Trinajstić information content (AvgIpc) is 3.17. The number of rotatable bonds is 14. The predicted octanol–water partition coefficient (Wildman–Crippen LogP) is 7.32. The van der Waals surface area contributed by atoms with Crippen LogP contribution in [0.3, 0.4) is 0 Å². The molecule has 0 aliphatic rings. The van der Waals surface area contributed by atoms with Gasteiger partial charge in [0.25, 0.3) is 0 Å². The van der Waals surface area contributed by atoms with Gasteiger partial charge in [-0.25, -0.2) is 19.5 Å². The van der Waals surface area contributed by atoms with E-state index in [0.29, 0.717) is 27.7 Å². The molecular weight excluding hydrogens is 529 g/mol. The Hall–Kier alpha value is -1.75. The van der Waals surface area contributed by atoms with Crippen molar-refractivity contribution in [3.05, 3.63) is 35.9 Å². The van der Waals surface area contributed by atoms with Crippen LogP contribution in [0.2, 0.25) is 0 Å². The number of phosphoric ester groups is 1. The Morgan fingerprint density at radius 3 is 2.24 bits per heavy atom. The topological polar surface area (TPSA) is 121 Å². The van der Waals surface area contributed by atoms with Crippen molar-refractivity contribution < 1.29 is 18.1 Å². The van der Waals surface area contributed by atoms with E-state index in [9.17, 15) is 4.57 Å². The van der Waals surface area contributed by atoms with Crippen molar-refractivity contribution in [1.29, 1.82) is 0 Å². The van der Waals surface area contributed by atoms with Crippen LogP contribution in [0.4, 0.5) is 10.9 Å². The molecule has 0 aliphatic heterocycles. The molecule has 12 heteroatoms. The monoisotopic (exact) mass is 567 g/mol. The molecule has 0 bridgehead atoms. The maximum Gasteiger partial charge on any atom is 0.475 e. The highest BCUT2D eigenvalue weighted by Crippen LogP contribution is 2.52. The number of fused-ring (bicyclic) bond motifs is 1. The number of thioether (sulfide) groups is 1. The van der Waals surface area contributed by atoms with Crippen LogP contribution in [-0.2, 0) is 18.1 Å². The molecule has 0 saturated carbocycles. The summed E-state index contributed by atoms with van der Waals surface area (Å²) in [6.45, 7) is 13.6. The minimum atomic E-state index is -3.75. The van der Waals surface area contributed by atoms with E-state index in [1.54, 1.807) is 39.5 Å². The van der Waals surface area contributed by atoms with Crippen molar-refractivity contribution in [2.24, 2.45) is 5.92 Å². The largest absolute Gasteiger partial charge is 0.475 e. The number of hydrogen-bond acceptors (Lipinski definition) is 11. The van der Waals surface area contributed by atoms with Gasteiger partial charge in [-0.15, -0.1) is 0 Å². The van der Waals surface area contributed by atoms with Crippen LogP contribution in [0.25, 0.3) is 10.3 Å². The molecule has 3 N–H and O–H groups in total. The zero-order chi connectivity index (χ0) is 27.2. The number of hydrogen-bond donors (Lipinski definition) is 2. The van der Waals surface area contributed by atoms with Gasteiger partial charge in [0.2, 0.25) is 0 Å². The summed E-state index contributed by atoms with van der Waals surface area (Å²) in [5, 5.41) is 4.65. The summed E-state index contributed by atoms with van der Waals surface area (Å²) in [4.78, 5) is 13.9. The third kappa shape index (κ3) is 9.19. The van der Waals surface area contributed by atoms with E-state index < -0.39 is 7.82 Å². The lowest BCUT2D eigenvalue weighted by atomic mass is 10.0. The normalized spacial score (nSPS) is 14.1. The molecule has 1 aromatic carbocycles. The maximum absolute atomic E-state index is 13.3. The molecule has 0 radical (unpaired) electrons. The lowest BCUT2D eigenvalue weighted by Gasteiger charge is -2.26. The number of nitrogens with one attached hydrogen (secondary N) is 1. The van der Waals surface area contributed by atoms with Crippen LogP contribution in [-0.4, -0.2) is 39.8 Å². The Kier molecular flexibility index (Phi) is 10.8. The van der Waals surface area contributed by atoms with Gasteiger partial charge in [0.05, 0.1) is 24.9 Å². The van der Waals surface area contributed by atoms with Gasteiger partial charge in [-0.2, -0.15) is 0 Å². The summed E-state index contributed by atoms with van der Waals surface area (Å²) in [6, 6.07) is 9.99. The molecule has 3 aromatic rings. The molecule has 3 rings (SSSR count). The van der Waals surface area contributed by atoms with E-state index >= 15 is 0 Å². The Balaban J connectivity index is 1.86. The van der Waals surface area contributed by atoms with Crippen LogP contribution >= 0.6 is 30.9 Å². The zero-order valence-electron chi connectivity index (χ0n) is 22.5. The highest BCUT2D eigenvalue weighted by atomic mass is 32.2. The number of thiazole rings is 1. The van der Waals surface area contributed by atoms with E-state index in [1.807, 2.05) is 18.2 Å². The summed E-state index contributed by atoms with van der Waals surface area (Å²) in [7, 11) is -3.75. The van der Waals surface area contributed by atoms with Crippen molar-refractivity contribution >= 4 is 52.2 Å². The van der Waals surface area contributed by atoms with Crippen molar-refractivity contribution in [3.63, 3.8) is 0 Å². The smallest absolute Gasteiger partial charge is 0.375 e. The lowest BCUT2D eigenvalue weighted by Crippen LogP contribution is -2.28. The molecule has 0 fully saturated rings. The number of anilines is 2. The van der Waals surface area contributed by atoms with E-state index in [0.717, 1.165) is 11.1 Å². The fraction of sp³-hybridized carbons (Fsp3) is 0.560. The second kappa shape index (κ2) is 13.4. The highest BCUT2D eigenvalue weighted by Gasteiger charge is 2.31. The second-order valence-electron chi connectivity index (χ2n) is 9.75. The fourth-order valence-corrected chi connectivity index (χ4v) is 6.82. The van der Waals surface area contributed by atoms with Crippen molar-refractivity contribution in [2.45, 2.75) is 83.5 Å². The van der Waals surface area contributed by atoms with Gasteiger partial charge < -0.3 is 11.1 Å². The lowest BCUT2D eigenvalue weighted by molar-refractivity contribution is 0.0689. The highest BCUT2D eigenvalue weighted by molar-refractivity contribution is 7.99. The van der Waals surface area contributed by atoms with Crippen LogP contribution < -0.4 is 11.1 Å². The molecule has 2 heterocycles. The summed E-state index contributed by atoms with van der Waals surface area (Å²) < 4.78 is 31.0. The number of nitrogens with two attached hydrogens (primary N) is 1. The summed E-state index contributed by atoms with van der Waals surface area (Å²) >= 11 is 2.88. The van der Waals surface area contributed by atoms with Gasteiger partial charge in [-0.1, -0.05) is 67.3 Å². The molecular formula is C25H38N5O4PS2. The zero-order valence-corrected chi connectivity index (χ0v) is 25.0. The van der Waals surface area contributed by atoms with E-state index in [4.69, 9.17) is 24.3 Å². The van der Waals surface area contributed by atoms with Crippen LogP contribution in [0, 0.1) is 5.92 Å². The van der Waals surface area contributed by atoms with Gasteiger partial charge in [0.1, 0.15) is 4.70 Å². The third-order valence-electron chi connectivity index (χ3n) is 5.01. The summed E-state index contributed by atoms with van der Waals surface area (Å²) in [5.74, 6) is 0.967. The number of nitrogen functional groups attached to an aromatic ring is 1. The first kappa shape index (κ1) is 29.8. The van der Waals surface area contributed by atoms with Crippen molar-refractivity contribution in [3.8, 4) is 0 Å². The minimum Gasteiger partial charge on any atom is -0.375 e. The molecule has 37 heavy (non-hydrogen) atoms. The molecule has 2 aromatic heterocycles. The standard InChI is InChI=1S/C25H38N5O4PS2/c1-15(2)13-20(14-32-35(31,33-16(3)4)34-17(5)6)27-22-21-23(28-24(26)37-21)30-25(29-22)36-18(7)19-11-9-8-10-12-19/h8-12,15-18,20H,13-14H2,1-7H3,(H3,26,27,28,29,30)/t18-,20?/m0/s1. The molecule has 204 valence electrons. The van der Waals surface area contributed by atoms with E-state index in [2.05, 4.69) is 48.2 Å². The van der Waals surface area contributed by atoms with Crippen LogP contribution in [0.5, 0.6) is 0 Å². The number of benzene rings is 1. The number of nitrogens with zero attached hydrogens (tertiary/aromatic N) is 3. The molecule has 0 aliphatic carbocycles. The van der Waals surface area contributed by atoms with Crippen molar-refractivity contribution in [1.82, 2.24) is 15.0 Å². The van der Waals surface area contributed by atoms with Gasteiger partial charge in [0.15, 0.2) is 21.8 Å². The predicted molar refractivity (Wildman–Crippen MR) is 153 cm³/mol. The fourth-order valence-electron chi connectivity index (χ4n) is 3.64. The molecule has 2 atom stereocenters. The molecule has 0 spiro atoms. The van der Waals surface area contributed by atoms with Crippen LogP contribution in [0.1, 0.15) is 65.7 Å². The SMILES string of the molecule is CC(C)CC(COP(=O)(OC(C)C)OC(C)C)Nc1nc(S[C@@H](C)c2ccccc2)nc2nc(N)sc12. The third-order valence-corrected chi connectivity index (χ3v) is 8.74. The first-order valence-electron chi connectivity index (χ1n) is 12.5. The average molecular weight is 568 g/mol. The quantitative estimate of drug-likeness (QED) is 0.116. The minimum absolute atomic E-state index is 0.109. The van der Waals surface area contributed by atoms with Gasteiger partial charge in [0, 0.05) is 5.25 Å². The summed E-state index contributed by atoms with van der Waals surface area (Å²) in [6.07, 6.45) is 0.120. The van der Waals surface area contributed by atoms with E-state index in [1.165, 1.54) is 16.9 Å². The Morgan fingerprint density at radius 1 is 1.00 bits per heavy atom. The van der Waals surface area contributed by atoms with Crippen LogP contribution in [0.15, 0.2) is 35.5 Å². The van der Waals surface area contributed by atoms with E-state index in [-0.39, 0.29) is 30.1 Å². The Morgan fingerprint density at radius 2 is 1.65 bits per heavy atom. The Bertz CT molecular complexity index is 1180. The van der Waals surface area contributed by atoms with Gasteiger partial charge in [-0.05, 0) is 52.5 Å². The molecule has 9 nitrogen and oxygen atoms in total. The first-order chi connectivity index (χ1) is 17.4. The van der Waals surface area contributed by atoms with Gasteiger partial charge >= 0.3 is 7.82 Å². The molecule has 1 unspecified atom stereocenters. The summed E-state index contributed by atoms with van der Waals surface area (Å²) in [5.41, 5.74) is 7.76. The first-order valence-corrected chi connectivity index (χ1v) is 15.6. The molecule has 0 amide bonds. The van der Waals surface area contributed by atoms with Gasteiger partial charge in [-0.3, -0.25) is 13.6 Å². The maximum atomic E-state index is 13.3. The molecule has 0 saturated heterocycles. The second-order valence-corrected chi connectivity index (χ2v) is 13.7. The Labute approximate surface area is 227 Å². The number of aromatic nitrogens is 3. The number of phosphoric acid groups is 1.